The summed E-state index contributed by atoms with van der Waals surface area (Å²) in [5, 5.41) is 0.996. The molecular formula is C13H15N3OS. The maximum Gasteiger partial charge on any atom is 0.265 e. The van der Waals surface area contributed by atoms with Gasteiger partial charge in [0, 0.05) is 26.0 Å². The normalized spacial score (nSPS) is 10.3. The van der Waals surface area contributed by atoms with E-state index >= 15 is 0 Å². The molecule has 2 aromatic heterocycles. The van der Waals surface area contributed by atoms with Crippen molar-refractivity contribution in [1.82, 2.24) is 14.9 Å². The lowest BCUT2D eigenvalue weighted by molar-refractivity contribution is 0.0789. The van der Waals surface area contributed by atoms with E-state index in [4.69, 9.17) is 0 Å². The van der Waals surface area contributed by atoms with Crippen LogP contribution < -0.4 is 0 Å². The molecule has 0 aliphatic carbocycles. The number of hydrogen-bond donors (Lipinski definition) is 0. The molecule has 0 unspecified atom stereocenters. The zero-order valence-corrected chi connectivity index (χ0v) is 11.3. The van der Waals surface area contributed by atoms with Crippen LogP contribution in [0.15, 0.2) is 30.7 Å². The highest BCUT2D eigenvalue weighted by atomic mass is 32.1. The summed E-state index contributed by atoms with van der Waals surface area (Å²) in [7, 11) is 1.80. The standard InChI is InChI=1S/C13H15N3OS/c1-3-12-15-8-11(18-12)13(17)16(2)9-10-4-6-14-7-5-10/h4-8H,3,9H2,1-2H3. The summed E-state index contributed by atoms with van der Waals surface area (Å²) >= 11 is 1.47. The Morgan fingerprint density at radius 2 is 2.11 bits per heavy atom. The van der Waals surface area contributed by atoms with Crippen LogP contribution in [0, 0.1) is 0 Å². The molecule has 0 saturated carbocycles. The Bertz CT molecular complexity index is 524. The lowest BCUT2D eigenvalue weighted by Crippen LogP contribution is -2.25. The average Bonchev–Trinajstić information content (AvgIpc) is 2.87. The number of pyridine rings is 1. The van der Waals surface area contributed by atoms with E-state index < -0.39 is 0 Å². The van der Waals surface area contributed by atoms with Crippen LogP contribution >= 0.6 is 11.3 Å². The molecule has 0 spiro atoms. The topological polar surface area (TPSA) is 46.1 Å². The summed E-state index contributed by atoms with van der Waals surface area (Å²) in [6.45, 7) is 2.62. The summed E-state index contributed by atoms with van der Waals surface area (Å²) in [4.78, 5) is 22.7. The number of aryl methyl sites for hydroxylation is 1. The summed E-state index contributed by atoms with van der Waals surface area (Å²) in [6.07, 6.45) is 5.99. The van der Waals surface area contributed by atoms with Gasteiger partial charge in [-0.2, -0.15) is 0 Å². The monoisotopic (exact) mass is 261 g/mol. The molecule has 0 fully saturated rings. The lowest BCUT2D eigenvalue weighted by atomic mass is 10.2. The second kappa shape index (κ2) is 5.73. The van der Waals surface area contributed by atoms with E-state index in [1.54, 1.807) is 30.5 Å². The Balaban J connectivity index is 2.05. The highest BCUT2D eigenvalue weighted by Gasteiger charge is 2.14. The van der Waals surface area contributed by atoms with Crippen LogP contribution in [0.25, 0.3) is 0 Å². The molecule has 5 heteroatoms. The molecule has 2 rings (SSSR count). The van der Waals surface area contributed by atoms with E-state index in [1.807, 2.05) is 19.1 Å². The molecule has 18 heavy (non-hydrogen) atoms. The highest BCUT2D eigenvalue weighted by molar-refractivity contribution is 7.13. The maximum absolute atomic E-state index is 12.2. The largest absolute Gasteiger partial charge is 0.337 e. The van der Waals surface area contributed by atoms with Gasteiger partial charge in [0.05, 0.1) is 11.2 Å². The number of amides is 1. The Labute approximate surface area is 110 Å². The van der Waals surface area contributed by atoms with Gasteiger partial charge in [0.15, 0.2) is 0 Å². The summed E-state index contributed by atoms with van der Waals surface area (Å²) < 4.78 is 0. The van der Waals surface area contributed by atoms with Crippen molar-refractivity contribution in [2.75, 3.05) is 7.05 Å². The van der Waals surface area contributed by atoms with Gasteiger partial charge >= 0.3 is 0 Å². The van der Waals surface area contributed by atoms with Crippen LogP contribution in [0.2, 0.25) is 0 Å². The maximum atomic E-state index is 12.2. The molecule has 0 saturated heterocycles. The molecule has 0 N–H and O–H groups in total. The second-order valence-electron chi connectivity index (χ2n) is 3.99. The minimum atomic E-state index is 0.0176. The van der Waals surface area contributed by atoms with Crippen molar-refractivity contribution in [3.05, 3.63) is 46.2 Å². The number of nitrogens with zero attached hydrogens (tertiary/aromatic N) is 3. The fourth-order valence-corrected chi connectivity index (χ4v) is 2.45. The summed E-state index contributed by atoms with van der Waals surface area (Å²) in [5.41, 5.74) is 1.07. The third-order valence-electron chi connectivity index (χ3n) is 2.58. The molecule has 2 aromatic rings. The number of carbonyl (C=O) groups excluding carboxylic acids is 1. The predicted octanol–water partition coefficient (Wildman–Crippen LogP) is 2.37. The Kier molecular flexibility index (Phi) is 4.04. The summed E-state index contributed by atoms with van der Waals surface area (Å²) in [5.74, 6) is 0.0176. The first-order valence-electron chi connectivity index (χ1n) is 5.79. The van der Waals surface area contributed by atoms with E-state index in [2.05, 4.69) is 9.97 Å². The molecule has 1 amide bonds. The Morgan fingerprint density at radius 1 is 1.39 bits per heavy atom. The minimum Gasteiger partial charge on any atom is -0.337 e. The molecule has 0 bridgehead atoms. The number of thiazole rings is 1. The molecule has 94 valence electrons. The smallest absolute Gasteiger partial charge is 0.265 e. The number of rotatable bonds is 4. The molecule has 0 atom stereocenters. The van der Waals surface area contributed by atoms with Gasteiger partial charge in [-0.15, -0.1) is 11.3 Å². The molecule has 0 aliphatic heterocycles. The fraction of sp³-hybridized carbons (Fsp3) is 0.308. The second-order valence-corrected chi connectivity index (χ2v) is 5.10. The number of hydrogen-bond acceptors (Lipinski definition) is 4. The first-order valence-corrected chi connectivity index (χ1v) is 6.61. The van der Waals surface area contributed by atoms with Crippen LogP contribution in [-0.2, 0) is 13.0 Å². The van der Waals surface area contributed by atoms with Gasteiger partial charge in [-0.05, 0) is 24.1 Å². The van der Waals surface area contributed by atoms with E-state index in [0.717, 1.165) is 17.0 Å². The van der Waals surface area contributed by atoms with Crippen molar-refractivity contribution in [1.29, 1.82) is 0 Å². The predicted molar refractivity (Wildman–Crippen MR) is 71.5 cm³/mol. The molecule has 0 aliphatic rings. The fourth-order valence-electron chi connectivity index (χ4n) is 1.59. The molecular weight excluding hydrogens is 246 g/mol. The number of aromatic nitrogens is 2. The zero-order chi connectivity index (χ0) is 13.0. The first-order chi connectivity index (χ1) is 8.70. The van der Waals surface area contributed by atoms with Crippen LogP contribution in [0.5, 0.6) is 0 Å². The van der Waals surface area contributed by atoms with E-state index in [-0.39, 0.29) is 5.91 Å². The quantitative estimate of drug-likeness (QED) is 0.849. The molecule has 0 radical (unpaired) electrons. The SMILES string of the molecule is CCc1ncc(C(=O)N(C)Cc2ccncc2)s1. The Morgan fingerprint density at radius 3 is 2.72 bits per heavy atom. The third kappa shape index (κ3) is 2.92. The molecule has 0 aromatic carbocycles. The van der Waals surface area contributed by atoms with E-state index in [0.29, 0.717) is 11.4 Å². The van der Waals surface area contributed by atoms with Crippen molar-refractivity contribution in [2.45, 2.75) is 19.9 Å². The van der Waals surface area contributed by atoms with Gasteiger partial charge in [-0.3, -0.25) is 9.78 Å². The van der Waals surface area contributed by atoms with Gasteiger partial charge in [0.25, 0.3) is 5.91 Å². The van der Waals surface area contributed by atoms with E-state index in [1.165, 1.54) is 11.3 Å². The van der Waals surface area contributed by atoms with Crippen molar-refractivity contribution < 1.29 is 4.79 Å². The van der Waals surface area contributed by atoms with E-state index in [9.17, 15) is 4.79 Å². The molecule has 4 nitrogen and oxygen atoms in total. The van der Waals surface area contributed by atoms with Crippen LogP contribution in [0.1, 0.15) is 27.2 Å². The van der Waals surface area contributed by atoms with Crippen molar-refractivity contribution >= 4 is 17.2 Å². The summed E-state index contributed by atoms with van der Waals surface area (Å²) in [6, 6.07) is 3.82. The number of carbonyl (C=O) groups is 1. The van der Waals surface area contributed by atoms with Crippen molar-refractivity contribution in [3.63, 3.8) is 0 Å². The van der Waals surface area contributed by atoms with Crippen LogP contribution in [0.4, 0.5) is 0 Å². The van der Waals surface area contributed by atoms with Gasteiger partial charge in [0.1, 0.15) is 4.88 Å². The lowest BCUT2D eigenvalue weighted by Gasteiger charge is -2.15. The molecule has 2 heterocycles. The van der Waals surface area contributed by atoms with Gasteiger partial charge in [0.2, 0.25) is 0 Å². The van der Waals surface area contributed by atoms with Gasteiger partial charge < -0.3 is 4.90 Å². The first kappa shape index (κ1) is 12.7. The highest BCUT2D eigenvalue weighted by Crippen LogP contribution is 2.16. The van der Waals surface area contributed by atoms with Crippen LogP contribution in [-0.4, -0.2) is 27.8 Å². The zero-order valence-electron chi connectivity index (χ0n) is 10.5. The van der Waals surface area contributed by atoms with Crippen LogP contribution in [0.3, 0.4) is 0 Å². The van der Waals surface area contributed by atoms with Crippen molar-refractivity contribution in [3.8, 4) is 0 Å². The van der Waals surface area contributed by atoms with Gasteiger partial charge in [-0.1, -0.05) is 6.92 Å². The van der Waals surface area contributed by atoms with Gasteiger partial charge in [-0.25, -0.2) is 4.98 Å². The Hall–Kier alpha value is -1.75. The minimum absolute atomic E-state index is 0.0176. The average molecular weight is 261 g/mol. The third-order valence-corrected chi connectivity index (χ3v) is 3.71. The van der Waals surface area contributed by atoms with Crippen molar-refractivity contribution in [2.24, 2.45) is 0 Å².